The standard InChI is InChI=1S/C14H30O3SSi/c1-6-8-9-10-11-12-13(18)14(7-2)19(15-3,16-4)17-5/h14H,6-12H2,1-5H3. The van der Waals surface area contributed by atoms with Gasteiger partial charge in [0.25, 0.3) is 0 Å². The molecule has 0 rings (SSSR count). The minimum atomic E-state index is -2.63. The van der Waals surface area contributed by atoms with E-state index in [9.17, 15) is 0 Å². The Hall–Kier alpha value is 0.187. The van der Waals surface area contributed by atoms with Gasteiger partial charge in [-0.3, -0.25) is 0 Å². The molecule has 1 unspecified atom stereocenters. The lowest BCUT2D eigenvalue weighted by atomic mass is 10.1. The van der Waals surface area contributed by atoms with E-state index in [1.165, 1.54) is 25.7 Å². The molecule has 0 fully saturated rings. The molecule has 0 amide bonds. The lowest BCUT2D eigenvalue weighted by Gasteiger charge is -2.32. The van der Waals surface area contributed by atoms with Crippen LogP contribution in [0, 0.1) is 0 Å². The molecule has 0 aromatic rings. The van der Waals surface area contributed by atoms with Crippen LogP contribution < -0.4 is 0 Å². The van der Waals surface area contributed by atoms with E-state index in [1.807, 2.05) is 0 Å². The van der Waals surface area contributed by atoms with E-state index in [0.717, 1.165) is 24.1 Å². The van der Waals surface area contributed by atoms with E-state index in [0.29, 0.717) is 0 Å². The summed E-state index contributed by atoms with van der Waals surface area (Å²) in [5.74, 6) is 0. The molecule has 114 valence electrons. The van der Waals surface area contributed by atoms with Gasteiger partial charge < -0.3 is 13.3 Å². The molecule has 0 bridgehead atoms. The van der Waals surface area contributed by atoms with Crippen molar-refractivity contribution in [2.45, 2.75) is 64.3 Å². The highest BCUT2D eigenvalue weighted by atomic mass is 32.1. The van der Waals surface area contributed by atoms with Gasteiger partial charge in [0.2, 0.25) is 0 Å². The Morgan fingerprint density at radius 1 is 0.947 bits per heavy atom. The number of rotatable bonds is 12. The highest BCUT2D eigenvalue weighted by molar-refractivity contribution is 7.80. The highest BCUT2D eigenvalue weighted by Crippen LogP contribution is 2.31. The Labute approximate surface area is 125 Å². The average molecular weight is 307 g/mol. The summed E-state index contributed by atoms with van der Waals surface area (Å²) < 4.78 is 16.7. The SMILES string of the molecule is CCCCCCCC(=S)C(CC)[Si](OC)(OC)OC. The van der Waals surface area contributed by atoms with E-state index >= 15 is 0 Å². The molecule has 1 atom stereocenters. The third kappa shape index (κ3) is 6.00. The van der Waals surface area contributed by atoms with Crippen LogP contribution in [-0.2, 0) is 13.3 Å². The molecule has 5 heteroatoms. The van der Waals surface area contributed by atoms with Gasteiger partial charge in [-0.15, -0.1) is 0 Å². The molecule has 0 radical (unpaired) electrons. The van der Waals surface area contributed by atoms with E-state index < -0.39 is 8.80 Å². The molecule has 19 heavy (non-hydrogen) atoms. The Kier molecular flexibility index (Phi) is 11.0. The molecule has 0 heterocycles. The molecule has 0 saturated carbocycles. The maximum Gasteiger partial charge on any atom is 0.508 e. The van der Waals surface area contributed by atoms with E-state index in [4.69, 9.17) is 25.5 Å². The zero-order chi connectivity index (χ0) is 14.7. The molecule has 3 nitrogen and oxygen atoms in total. The summed E-state index contributed by atoms with van der Waals surface area (Å²) in [5, 5.41) is 0. The Bertz CT molecular complexity index is 237. The van der Waals surface area contributed by atoms with Gasteiger partial charge in [-0.1, -0.05) is 51.7 Å². The quantitative estimate of drug-likeness (QED) is 0.304. The monoisotopic (exact) mass is 306 g/mol. The second-order valence-corrected chi connectivity index (χ2v) is 8.46. The van der Waals surface area contributed by atoms with Gasteiger partial charge in [0.15, 0.2) is 0 Å². The van der Waals surface area contributed by atoms with Crippen LogP contribution in [0.2, 0.25) is 5.54 Å². The molecule has 0 spiro atoms. The molecule has 0 aromatic heterocycles. The van der Waals surface area contributed by atoms with E-state index in [-0.39, 0.29) is 5.54 Å². The van der Waals surface area contributed by atoms with Crippen LogP contribution in [0.25, 0.3) is 0 Å². The van der Waals surface area contributed by atoms with Crippen LogP contribution in [0.3, 0.4) is 0 Å². The van der Waals surface area contributed by atoms with Gasteiger partial charge in [-0.05, 0) is 19.3 Å². The van der Waals surface area contributed by atoms with Gasteiger partial charge in [-0.2, -0.15) is 0 Å². The largest absolute Gasteiger partial charge is 0.508 e. The highest BCUT2D eigenvalue weighted by Gasteiger charge is 2.47. The van der Waals surface area contributed by atoms with Crippen molar-refractivity contribution >= 4 is 25.9 Å². The summed E-state index contributed by atoms with van der Waals surface area (Å²) in [6, 6.07) is 0. The maximum atomic E-state index is 5.59. The van der Waals surface area contributed by atoms with Crippen LogP contribution in [0.4, 0.5) is 0 Å². The normalized spacial score (nSPS) is 13.5. The predicted octanol–water partition coefficient (Wildman–Crippen LogP) is 4.38. The fraction of sp³-hybridized carbons (Fsp3) is 0.929. The molecule has 0 aliphatic heterocycles. The predicted molar refractivity (Wildman–Crippen MR) is 86.8 cm³/mol. The topological polar surface area (TPSA) is 27.7 Å². The second kappa shape index (κ2) is 10.9. The van der Waals surface area contributed by atoms with Crippen LogP contribution >= 0.6 is 12.2 Å². The summed E-state index contributed by atoms with van der Waals surface area (Å²) in [6.07, 6.45) is 8.20. The summed E-state index contributed by atoms with van der Waals surface area (Å²) in [4.78, 5) is 1.05. The van der Waals surface area contributed by atoms with Crippen molar-refractivity contribution in [3.63, 3.8) is 0 Å². The lowest BCUT2D eigenvalue weighted by molar-refractivity contribution is 0.118. The van der Waals surface area contributed by atoms with Crippen molar-refractivity contribution in [3.8, 4) is 0 Å². The van der Waals surface area contributed by atoms with Crippen molar-refractivity contribution in [1.82, 2.24) is 0 Å². The fourth-order valence-electron chi connectivity index (χ4n) is 2.43. The number of unbranched alkanes of at least 4 members (excludes halogenated alkanes) is 4. The maximum absolute atomic E-state index is 5.59. The van der Waals surface area contributed by atoms with Crippen LogP contribution in [0.15, 0.2) is 0 Å². The smallest absolute Gasteiger partial charge is 0.376 e. The molecule has 0 saturated heterocycles. The Morgan fingerprint density at radius 3 is 1.89 bits per heavy atom. The van der Waals surface area contributed by atoms with Gasteiger partial charge in [0.1, 0.15) is 0 Å². The summed E-state index contributed by atoms with van der Waals surface area (Å²) in [6.45, 7) is 4.35. The van der Waals surface area contributed by atoms with Crippen molar-refractivity contribution < 1.29 is 13.3 Å². The third-order valence-electron chi connectivity index (χ3n) is 3.60. The molecule has 0 aromatic carbocycles. The number of thiocarbonyl (C=S) groups is 1. The molecular weight excluding hydrogens is 276 g/mol. The van der Waals surface area contributed by atoms with Crippen molar-refractivity contribution in [3.05, 3.63) is 0 Å². The first kappa shape index (κ1) is 19.2. The summed E-state index contributed by atoms with van der Waals surface area (Å²) in [5.41, 5.74) is 0.133. The molecule has 0 aliphatic rings. The Balaban J connectivity index is 4.38. The van der Waals surface area contributed by atoms with Gasteiger partial charge in [0, 0.05) is 26.2 Å². The zero-order valence-corrected chi connectivity index (χ0v) is 15.0. The van der Waals surface area contributed by atoms with Crippen molar-refractivity contribution in [2.24, 2.45) is 0 Å². The first-order valence-electron chi connectivity index (χ1n) is 7.29. The summed E-state index contributed by atoms with van der Waals surface area (Å²) in [7, 11) is 2.35. The average Bonchev–Trinajstić information content (AvgIpc) is 2.44. The minimum Gasteiger partial charge on any atom is -0.376 e. The lowest BCUT2D eigenvalue weighted by Crippen LogP contribution is -2.49. The first-order chi connectivity index (χ1) is 9.11. The van der Waals surface area contributed by atoms with Crippen LogP contribution in [0.1, 0.15) is 58.8 Å². The first-order valence-corrected chi connectivity index (χ1v) is 9.50. The number of hydrogen-bond donors (Lipinski definition) is 0. The number of hydrogen-bond acceptors (Lipinski definition) is 4. The fourth-order valence-corrected chi connectivity index (χ4v) is 5.56. The van der Waals surface area contributed by atoms with E-state index in [1.54, 1.807) is 21.3 Å². The van der Waals surface area contributed by atoms with Crippen molar-refractivity contribution in [2.75, 3.05) is 21.3 Å². The molecular formula is C14H30O3SSi. The molecule has 0 N–H and O–H groups in total. The van der Waals surface area contributed by atoms with Crippen molar-refractivity contribution in [1.29, 1.82) is 0 Å². The van der Waals surface area contributed by atoms with Crippen LogP contribution in [0.5, 0.6) is 0 Å². The third-order valence-corrected chi connectivity index (χ3v) is 7.62. The van der Waals surface area contributed by atoms with Gasteiger partial charge >= 0.3 is 8.80 Å². The zero-order valence-electron chi connectivity index (χ0n) is 13.2. The van der Waals surface area contributed by atoms with Gasteiger partial charge in [0.05, 0.1) is 5.54 Å². The van der Waals surface area contributed by atoms with Gasteiger partial charge in [-0.25, -0.2) is 0 Å². The summed E-state index contributed by atoms with van der Waals surface area (Å²) >= 11 is 5.59. The minimum absolute atomic E-state index is 0.133. The van der Waals surface area contributed by atoms with Crippen LogP contribution in [-0.4, -0.2) is 35.0 Å². The molecule has 0 aliphatic carbocycles. The van der Waals surface area contributed by atoms with E-state index in [2.05, 4.69) is 13.8 Å². The second-order valence-electron chi connectivity index (χ2n) is 4.81. The Morgan fingerprint density at radius 2 is 1.47 bits per heavy atom.